The highest BCUT2D eigenvalue weighted by molar-refractivity contribution is 5.85. The third-order valence-electron chi connectivity index (χ3n) is 5.90. The monoisotopic (exact) mass is 354 g/mol. The molecule has 24 heavy (non-hydrogen) atoms. The lowest BCUT2D eigenvalue weighted by Crippen LogP contribution is -2.50. The van der Waals surface area contributed by atoms with Gasteiger partial charge in [0.2, 0.25) is 5.91 Å². The van der Waals surface area contributed by atoms with Crippen LogP contribution in [0, 0.1) is 23.6 Å². The molecule has 1 heterocycles. The number of ether oxygens (including phenoxy) is 1. The Kier molecular flexibility index (Phi) is 5.13. The van der Waals surface area contributed by atoms with Crippen molar-refractivity contribution in [2.75, 3.05) is 19.7 Å². The molecule has 2 saturated carbocycles. The maximum atomic E-state index is 14.0. The maximum absolute atomic E-state index is 14.0. The van der Waals surface area contributed by atoms with Crippen LogP contribution < -0.4 is 5.73 Å². The first-order valence-electron chi connectivity index (χ1n) is 8.55. The molecule has 3 fully saturated rings. The second kappa shape index (κ2) is 6.98. The number of rotatable bonds is 2. The number of amides is 1. The summed E-state index contributed by atoms with van der Waals surface area (Å²) in [4.78, 5) is 14.8. The highest BCUT2D eigenvalue weighted by Crippen LogP contribution is 2.48. The van der Waals surface area contributed by atoms with Gasteiger partial charge in [-0.25, -0.2) is 4.39 Å². The molecule has 5 atom stereocenters. The SMILES string of the molecule is Cl.NC1C2CCC(C2)C1C(=O)N1CCOC(c2ccccc2F)C1. The number of hydrogen-bond acceptors (Lipinski definition) is 3. The lowest BCUT2D eigenvalue weighted by molar-refractivity contribution is -0.145. The van der Waals surface area contributed by atoms with Crippen LogP contribution in [-0.4, -0.2) is 36.5 Å². The van der Waals surface area contributed by atoms with Gasteiger partial charge >= 0.3 is 0 Å². The van der Waals surface area contributed by atoms with Gasteiger partial charge in [-0.1, -0.05) is 18.2 Å². The highest BCUT2D eigenvalue weighted by atomic mass is 35.5. The number of morpholine rings is 1. The first-order valence-corrected chi connectivity index (χ1v) is 8.55. The van der Waals surface area contributed by atoms with Crippen LogP contribution in [0.2, 0.25) is 0 Å². The second-order valence-electron chi connectivity index (χ2n) is 7.10. The van der Waals surface area contributed by atoms with Gasteiger partial charge in [0.25, 0.3) is 0 Å². The van der Waals surface area contributed by atoms with E-state index in [2.05, 4.69) is 0 Å². The molecular weight excluding hydrogens is 331 g/mol. The maximum Gasteiger partial charge on any atom is 0.227 e. The summed E-state index contributed by atoms with van der Waals surface area (Å²) in [5.74, 6) is 0.778. The van der Waals surface area contributed by atoms with Gasteiger partial charge in [-0.15, -0.1) is 12.4 Å². The Bertz CT molecular complexity index is 612. The smallest absolute Gasteiger partial charge is 0.227 e. The van der Waals surface area contributed by atoms with E-state index < -0.39 is 0 Å². The number of carbonyl (C=O) groups is 1. The number of fused-ring (bicyclic) bond motifs is 2. The Morgan fingerprint density at radius 2 is 2.00 bits per heavy atom. The summed E-state index contributed by atoms with van der Waals surface area (Å²) in [6.45, 7) is 1.44. The second-order valence-corrected chi connectivity index (χ2v) is 7.10. The summed E-state index contributed by atoms with van der Waals surface area (Å²) < 4.78 is 19.7. The minimum absolute atomic E-state index is 0. The van der Waals surface area contributed by atoms with E-state index >= 15 is 0 Å². The van der Waals surface area contributed by atoms with Crippen molar-refractivity contribution in [1.82, 2.24) is 4.90 Å². The van der Waals surface area contributed by atoms with Gasteiger partial charge in [0.05, 0.1) is 19.1 Å². The van der Waals surface area contributed by atoms with Crippen LogP contribution in [0.3, 0.4) is 0 Å². The Morgan fingerprint density at radius 3 is 2.71 bits per heavy atom. The van der Waals surface area contributed by atoms with Gasteiger partial charge in [0.15, 0.2) is 0 Å². The van der Waals surface area contributed by atoms with Gasteiger partial charge in [-0.3, -0.25) is 4.79 Å². The van der Waals surface area contributed by atoms with Gasteiger partial charge in [-0.2, -0.15) is 0 Å². The molecule has 0 spiro atoms. The highest BCUT2D eigenvalue weighted by Gasteiger charge is 2.50. The molecule has 1 saturated heterocycles. The van der Waals surface area contributed by atoms with Crippen LogP contribution >= 0.6 is 12.4 Å². The number of hydrogen-bond donors (Lipinski definition) is 1. The average Bonchev–Trinajstić information content (AvgIpc) is 3.16. The molecule has 132 valence electrons. The van der Waals surface area contributed by atoms with E-state index in [1.54, 1.807) is 18.2 Å². The van der Waals surface area contributed by atoms with Crippen LogP contribution in [0.15, 0.2) is 24.3 Å². The molecule has 1 amide bonds. The molecule has 2 N–H and O–H groups in total. The summed E-state index contributed by atoms with van der Waals surface area (Å²) in [5.41, 5.74) is 6.83. The minimum Gasteiger partial charge on any atom is -0.370 e. The van der Waals surface area contributed by atoms with Crippen molar-refractivity contribution in [3.63, 3.8) is 0 Å². The Morgan fingerprint density at radius 1 is 1.25 bits per heavy atom. The summed E-state index contributed by atoms with van der Waals surface area (Å²) >= 11 is 0. The minimum atomic E-state index is -0.385. The largest absolute Gasteiger partial charge is 0.370 e. The summed E-state index contributed by atoms with van der Waals surface area (Å²) in [7, 11) is 0. The third kappa shape index (κ3) is 2.93. The quantitative estimate of drug-likeness (QED) is 0.887. The van der Waals surface area contributed by atoms with Crippen LogP contribution in [-0.2, 0) is 9.53 Å². The molecule has 1 aromatic carbocycles. The van der Waals surface area contributed by atoms with Crippen molar-refractivity contribution in [2.45, 2.75) is 31.4 Å². The lowest BCUT2D eigenvalue weighted by Gasteiger charge is -2.37. The Labute approximate surface area is 147 Å². The molecule has 5 unspecified atom stereocenters. The normalized spacial score (nSPS) is 34.9. The fourth-order valence-corrected chi connectivity index (χ4v) is 4.69. The number of nitrogens with two attached hydrogens (primary N) is 1. The van der Waals surface area contributed by atoms with Gasteiger partial charge in [0, 0.05) is 18.2 Å². The first-order chi connectivity index (χ1) is 11.1. The van der Waals surface area contributed by atoms with Crippen molar-refractivity contribution in [3.05, 3.63) is 35.6 Å². The van der Waals surface area contributed by atoms with Crippen LogP contribution in [0.5, 0.6) is 0 Å². The van der Waals surface area contributed by atoms with E-state index in [9.17, 15) is 9.18 Å². The number of carbonyl (C=O) groups excluding carboxylic acids is 1. The van der Waals surface area contributed by atoms with E-state index in [0.717, 1.165) is 19.3 Å². The van der Waals surface area contributed by atoms with Crippen LogP contribution in [0.25, 0.3) is 0 Å². The third-order valence-corrected chi connectivity index (χ3v) is 5.90. The Balaban J connectivity index is 0.00000169. The van der Waals surface area contributed by atoms with E-state index in [1.807, 2.05) is 4.90 Å². The fourth-order valence-electron chi connectivity index (χ4n) is 4.69. The zero-order valence-corrected chi connectivity index (χ0v) is 14.4. The molecule has 0 radical (unpaired) electrons. The molecule has 4 rings (SSSR count). The van der Waals surface area contributed by atoms with Crippen molar-refractivity contribution in [1.29, 1.82) is 0 Å². The molecule has 2 aliphatic carbocycles. The number of nitrogens with zero attached hydrogens (tertiary/aromatic N) is 1. The molecule has 0 aromatic heterocycles. The summed E-state index contributed by atoms with van der Waals surface area (Å²) in [5, 5.41) is 0. The summed E-state index contributed by atoms with van der Waals surface area (Å²) in [6, 6.07) is 6.63. The van der Waals surface area contributed by atoms with Crippen molar-refractivity contribution >= 4 is 18.3 Å². The number of benzene rings is 1. The Hall–Kier alpha value is -1.17. The molecule has 3 aliphatic rings. The van der Waals surface area contributed by atoms with Gasteiger partial charge in [-0.05, 0) is 37.2 Å². The summed E-state index contributed by atoms with van der Waals surface area (Å²) in [6.07, 6.45) is 2.99. The predicted molar refractivity (Wildman–Crippen MR) is 91.2 cm³/mol. The predicted octanol–water partition coefficient (Wildman–Crippen LogP) is 2.52. The van der Waals surface area contributed by atoms with E-state index in [0.29, 0.717) is 37.1 Å². The molecule has 1 aliphatic heterocycles. The van der Waals surface area contributed by atoms with E-state index in [4.69, 9.17) is 10.5 Å². The molecule has 2 bridgehead atoms. The lowest BCUT2D eigenvalue weighted by atomic mass is 9.84. The molecule has 1 aromatic rings. The van der Waals surface area contributed by atoms with Crippen molar-refractivity contribution in [2.24, 2.45) is 23.5 Å². The fraction of sp³-hybridized carbons (Fsp3) is 0.611. The standard InChI is InChI=1S/C18H23FN2O2.ClH/c19-14-4-2-1-3-13(14)15-10-21(7-8-23-15)18(22)16-11-5-6-12(9-11)17(16)20;/h1-4,11-12,15-17H,5-10,20H2;1H. The van der Waals surface area contributed by atoms with Crippen LogP contribution in [0.1, 0.15) is 30.9 Å². The van der Waals surface area contributed by atoms with Gasteiger partial charge in [0.1, 0.15) is 11.9 Å². The molecule has 4 nitrogen and oxygen atoms in total. The molecular formula is C18H24ClFN2O2. The van der Waals surface area contributed by atoms with E-state index in [1.165, 1.54) is 6.07 Å². The molecule has 6 heteroatoms. The average molecular weight is 355 g/mol. The van der Waals surface area contributed by atoms with Crippen LogP contribution in [0.4, 0.5) is 4.39 Å². The number of halogens is 2. The zero-order chi connectivity index (χ0) is 16.0. The first kappa shape index (κ1) is 17.6. The van der Waals surface area contributed by atoms with Crippen molar-refractivity contribution < 1.29 is 13.9 Å². The van der Waals surface area contributed by atoms with Gasteiger partial charge < -0.3 is 15.4 Å². The van der Waals surface area contributed by atoms with E-state index in [-0.39, 0.29) is 42.2 Å². The van der Waals surface area contributed by atoms with Crippen molar-refractivity contribution in [3.8, 4) is 0 Å². The zero-order valence-electron chi connectivity index (χ0n) is 13.6. The topological polar surface area (TPSA) is 55.6 Å².